The summed E-state index contributed by atoms with van der Waals surface area (Å²) in [6.45, 7) is 6.99. The van der Waals surface area contributed by atoms with Gasteiger partial charge in [-0.25, -0.2) is 4.98 Å². The van der Waals surface area contributed by atoms with Gasteiger partial charge in [0.15, 0.2) is 0 Å². The number of fused-ring (bicyclic) bond motifs is 2. The van der Waals surface area contributed by atoms with E-state index in [2.05, 4.69) is 53.0 Å². The molecule has 6 nitrogen and oxygen atoms in total. The van der Waals surface area contributed by atoms with Crippen LogP contribution in [0.15, 0.2) is 60.9 Å². The van der Waals surface area contributed by atoms with Gasteiger partial charge >= 0.3 is 0 Å². The van der Waals surface area contributed by atoms with Gasteiger partial charge in [0.05, 0.1) is 0 Å². The Labute approximate surface area is 212 Å². The quantitative estimate of drug-likeness (QED) is 0.452. The van der Waals surface area contributed by atoms with Gasteiger partial charge in [0.25, 0.3) is 5.91 Å². The van der Waals surface area contributed by atoms with Crippen LogP contribution in [0.1, 0.15) is 15.9 Å². The molecular weight excluding hydrogens is 446 g/mol. The number of aromatic amines is 1. The maximum absolute atomic E-state index is 12.3. The standard InChI is InChI=1S/C30H33N5O/c1-19-11-22(9-10-28(19)35-17-24-15-34(4)16-25(24)18-35)23-12-26-27(14-32-29(26)31-13-23)20-5-7-21(8-6-20)30(36)33(2)3/h5-14,24-25H,15-18H2,1-4H3,(H,31,32). The molecule has 36 heavy (non-hydrogen) atoms. The molecule has 2 saturated heterocycles. The monoisotopic (exact) mass is 479 g/mol. The normalized spacial score (nSPS) is 19.7. The molecule has 0 aliphatic carbocycles. The highest BCUT2D eigenvalue weighted by Crippen LogP contribution is 2.37. The van der Waals surface area contributed by atoms with Crippen molar-refractivity contribution < 1.29 is 4.79 Å². The number of hydrogen-bond donors (Lipinski definition) is 1. The number of nitrogens with zero attached hydrogens (tertiary/aromatic N) is 4. The third-order valence-electron chi connectivity index (χ3n) is 7.92. The van der Waals surface area contributed by atoms with Gasteiger partial charge in [-0.05, 0) is 72.8 Å². The Balaban J connectivity index is 1.28. The Kier molecular flexibility index (Phi) is 5.56. The van der Waals surface area contributed by atoms with Crippen LogP contribution < -0.4 is 4.90 Å². The zero-order chi connectivity index (χ0) is 25.0. The Morgan fingerprint density at radius 1 is 0.944 bits per heavy atom. The number of benzene rings is 2. The number of aryl methyl sites for hydroxylation is 1. The minimum absolute atomic E-state index is 0.00715. The first-order valence-electron chi connectivity index (χ1n) is 12.7. The minimum Gasteiger partial charge on any atom is -0.371 e. The van der Waals surface area contributed by atoms with E-state index in [-0.39, 0.29) is 5.91 Å². The van der Waals surface area contributed by atoms with Crippen molar-refractivity contribution in [1.82, 2.24) is 19.8 Å². The number of amides is 1. The summed E-state index contributed by atoms with van der Waals surface area (Å²) in [5, 5.41) is 1.08. The molecule has 4 heterocycles. The first kappa shape index (κ1) is 22.8. The molecule has 2 atom stereocenters. The van der Waals surface area contributed by atoms with Crippen molar-refractivity contribution in [2.24, 2.45) is 11.8 Å². The Bertz CT molecular complexity index is 1420. The number of aromatic nitrogens is 2. The third-order valence-corrected chi connectivity index (χ3v) is 7.92. The molecule has 0 saturated carbocycles. The van der Waals surface area contributed by atoms with Crippen molar-refractivity contribution in [1.29, 1.82) is 0 Å². The highest BCUT2D eigenvalue weighted by Gasteiger charge is 2.38. The van der Waals surface area contributed by atoms with Crippen molar-refractivity contribution in [3.05, 3.63) is 72.1 Å². The molecule has 2 aromatic carbocycles. The summed E-state index contributed by atoms with van der Waals surface area (Å²) in [6, 6.07) is 16.8. The molecule has 1 N–H and O–H groups in total. The van der Waals surface area contributed by atoms with Crippen molar-refractivity contribution in [3.8, 4) is 22.3 Å². The lowest BCUT2D eigenvalue weighted by molar-refractivity contribution is 0.0827. The molecule has 0 radical (unpaired) electrons. The summed E-state index contributed by atoms with van der Waals surface area (Å²) in [5.74, 6) is 1.60. The number of H-pyrrole nitrogens is 1. The van der Waals surface area contributed by atoms with Crippen LogP contribution in [0.5, 0.6) is 0 Å². The van der Waals surface area contributed by atoms with E-state index in [9.17, 15) is 4.79 Å². The van der Waals surface area contributed by atoms with E-state index in [1.165, 1.54) is 29.9 Å². The summed E-state index contributed by atoms with van der Waals surface area (Å²) in [6.07, 6.45) is 3.95. The van der Waals surface area contributed by atoms with E-state index in [4.69, 9.17) is 4.98 Å². The van der Waals surface area contributed by atoms with Crippen LogP contribution in [0.2, 0.25) is 0 Å². The van der Waals surface area contributed by atoms with Crippen LogP contribution in [0.25, 0.3) is 33.3 Å². The second-order valence-electron chi connectivity index (χ2n) is 10.7. The molecule has 0 bridgehead atoms. The number of carbonyl (C=O) groups excluding carboxylic acids is 1. The largest absolute Gasteiger partial charge is 0.371 e. The number of hydrogen-bond acceptors (Lipinski definition) is 4. The molecule has 2 aliphatic rings. The second kappa shape index (κ2) is 8.79. The smallest absolute Gasteiger partial charge is 0.253 e. The molecule has 6 heteroatoms. The Hall–Kier alpha value is -3.64. The molecule has 0 spiro atoms. The van der Waals surface area contributed by atoms with Crippen molar-refractivity contribution >= 4 is 22.6 Å². The summed E-state index contributed by atoms with van der Waals surface area (Å²) in [5.41, 5.74) is 8.67. The fourth-order valence-electron chi connectivity index (χ4n) is 6.06. The minimum atomic E-state index is 0.00715. The van der Waals surface area contributed by atoms with E-state index in [1.54, 1.807) is 19.0 Å². The number of rotatable bonds is 4. The van der Waals surface area contributed by atoms with Gasteiger partial charge in [-0.3, -0.25) is 4.79 Å². The average Bonchev–Trinajstić information content (AvgIpc) is 3.56. The van der Waals surface area contributed by atoms with Gasteiger partial charge in [0.1, 0.15) is 5.65 Å². The van der Waals surface area contributed by atoms with Crippen LogP contribution >= 0.6 is 0 Å². The maximum atomic E-state index is 12.3. The molecule has 2 fully saturated rings. The fraction of sp³-hybridized carbons (Fsp3) is 0.333. The van der Waals surface area contributed by atoms with Gasteiger partial charge < -0.3 is 19.7 Å². The lowest BCUT2D eigenvalue weighted by atomic mass is 9.99. The van der Waals surface area contributed by atoms with Crippen LogP contribution in [0, 0.1) is 18.8 Å². The van der Waals surface area contributed by atoms with Crippen LogP contribution in [0.3, 0.4) is 0 Å². The fourth-order valence-corrected chi connectivity index (χ4v) is 6.06. The lowest BCUT2D eigenvalue weighted by Gasteiger charge is -2.23. The van der Waals surface area contributed by atoms with Gasteiger partial charge in [0, 0.05) is 80.4 Å². The number of anilines is 1. The van der Waals surface area contributed by atoms with Crippen molar-refractivity contribution in [3.63, 3.8) is 0 Å². The predicted octanol–water partition coefficient (Wildman–Crippen LogP) is 4.90. The zero-order valence-electron chi connectivity index (χ0n) is 21.5. The van der Waals surface area contributed by atoms with Crippen LogP contribution in [0.4, 0.5) is 5.69 Å². The summed E-state index contributed by atoms with van der Waals surface area (Å²) in [4.78, 5) is 26.9. The van der Waals surface area contributed by atoms with E-state index >= 15 is 0 Å². The molecular formula is C30H33N5O. The highest BCUT2D eigenvalue weighted by atomic mass is 16.2. The third kappa shape index (κ3) is 3.95. The summed E-state index contributed by atoms with van der Waals surface area (Å²) in [7, 11) is 5.78. The second-order valence-corrected chi connectivity index (χ2v) is 10.7. The van der Waals surface area contributed by atoms with E-state index in [1.807, 2.05) is 36.7 Å². The first-order valence-corrected chi connectivity index (χ1v) is 12.7. The van der Waals surface area contributed by atoms with E-state index < -0.39 is 0 Å². The lowest BCUT2D eigenvalue weighted by Crippen LogP contribution is -2.27. The molecule has 4 aromatic rings. The SMILES string of the molecule is Cc1cc(-c2cnc3[nH]cc(-c4ccc(C(=O)N(C)C)cc4)c3c2)ccc1N1CC2CN(C)CC2C1. The number of pyridine rings is 1. The predicted molar refractivity (Wildman–Crippen MR) is 146 cm³/mol. The molecule has 184 valence electrons. The first-order chi connectivity index (χ1) is 17.4. The highest BCUT2D eigenvalue weighted by molar-refractivity contribution is 5.98. The van der Waals surface area contributed by atoms with Crippen molar-refractivity contribution in [2.75, 3.05) is 52.2 Å². The molecule has 2 aromatic heterocycles. The van der Waals surface area contributed by atoms with E-state index in [0.717, 1.165) is 52.6 Å². The maximum Gasteiger partial charge on any atom is 0.253 e. The van der Waals surface area contributed by atoms with Crippen LogP contribution in [-0.2, 0) is 0 Å². The molecule has 2 unspecified atom stereocenters. The van der Waals surface area contributed by atoms with Gasteiger partial charge in [-0.1, -0.05) is 18.2 Å². The van der Waals surface area contributed by atoms with Crippen LogP contribution in [-0.4, -0.2) is 73.0 Å². The number of carbonyl (C=O) groups is 1. The topological polar surface area (TPSA) is 55.5 Å². The number of likely N-dealkylation sites (tertiary alicyclic amines) is 1. The molecule has 2 aliphatic heterocycles. The van der Waals surface area contributed by atoms with Gasteiger partial charge in [-0.15, -0.1) is 0 Å². The van der Waals surface area contributed by atoms with Crippen molar-refractivity contribution in [2.45, 2.75) is 6.92 Å². The zero-order valence-corrected chi connectivity index (χ0v) is 21.5. The Morgan fingerprint density at radius 2 is 1.64 bits per heavy atom. The molecule has 6 rings (SSSR count). The summed E-state index contributed by atoms with van der Waals surface area (Å²) >= 11 is 0. The Morgan fingerprint density at radius 3 is 2.31 bits per heavy atom. The summed E-state index contributed by atoms with van der Waals surface area (Å²) < 4.78 is 0. The van der Waals surface area contributed by atoms with E-state index in [0.29, 0.717) is 5.56 Å². The van der Waals surface area contributed by atoms with Gasteiger partial charge in [-0.2, -0.15) is 0 Å². The number of nitrogens with one attached hydrogen (secondary N) is 1. The molecule has 1 amide bonds. The average molecular weight is 480 g/mol. The van der Waals surface area contributed by atoms with Gasteiger partial charge in [0.2, 0.25) is 0 Å².